The van der Waals surface area contributed by atoms with E-state index in [1.165, 1.54) is 26.9 Å². The first-order chi connectivity index (χ1) is 17.6. The van der Waals surface area contributed by atoms with E-state index in [9.17, 15) is 9.90 Å². The minimum Gasteiger partial charge on any atom is -0.493 e. The molecule has 9 nitrogen and oxygen atoms in total. The molecule has 1 heterocycles. The fraction of sp³-hybridized carbons (Fsp3) is 0.667. The maximum Gasteiger partial charge on any atom is 0.325 e. The Bertz CT molecular complexity index is 958. The molecule has 1 aliphatic heterocycles. The number of aliphatic hydroxyl groups is 1. The van der Waals surface area contributed by atoms with Crippen molar-refractivity contribution < 1.29 is 38.3 Å². The molecule has 0 bridgehead atoms. The van der Waals surface area contributed by atoms with Gasteiger partial charge in [-0.3, -0.25) is 4.79 Å². The van der Waals surface area contributed by atoms with Crippen molar-refractivity contribution in [2.75, 3.05) is 46.2 Å². The number of ether oxygens (including phenoxy) is 6. The third-order valence-corrected chi connectivity index (χ3v) is 7.82. The van der Waals surface area contributed by atoms with E-state index in [0.717, 1.165) is 6.42 Å². The highest BCUT2D eigenvalue weighted by molar-refractivity contribution is 6.18. The maximum absolute atomic E-state index is 12.9. The van der Waals surface area contributed by atoms with Gasteiger partial charge in [-0.2, -0.15) is 0 Å². The highest BCUT2D eigenvalue weighted by atomic mass is 35.5. The summed E-state index contributed by atoms with van der Waals surface area (Å²) < 4.78 is 33.9. The number of methoxy groups -OCH3 is 4. The number of halogens is 1. The van der Waals surface area contributed by atoms with Crippen molar-refractivity contribution in [1.82, 2.24) is 0 Å². The molecule has 1 aliphatic carbocycles. The van der Waals surface area contributed by atoms with Gasteiger partial charge in [0.2, 0.25) is 5.75 Å². The summed E-state index contributed by atoms with van der Waals surface area (Å²) in [6.45, 7) is 5.96. The zero-order valence-corrected chi connectivity index (χ0v) is 23.5. The summed E-state index contributed by atoms with van der Waals surface area (Å²) in [6.07, 6.45) is 2.43. The molecule has 2 fully saturated rings. The number of anilines is 1. The number of rotatable bonds is 12. The highest BCUT2D eigenvalue weighted by Crippen LogP contribution is 2.55. The van der Waals surface area contributed by atoms with Crippen LogP contribution in [-0.2, 0) is 19.0 Å². The Morgan fingerprint density at radius 3 is 2.35 bits per heavy atom. The summed E-state index contributed by atoms with van der Waals surface area (Å²) in [5.74, 6) is 0.502. The van der Waals surface area contributed by atoms with Gasteiger partial charge in [0, 0.05) is 24.9 Å². The summed E-state index contributed by atoms with van der Waals surface area (Å²) >= 11 is 6.27. The quantitative estimate of drug-likeness (QED) is 0.176. The molecule has 2 N–H and O–H groups in total. The SMILES string of the molecule is COc1cc(NCC(=O)O[C@@H]2CC[C@](O)(CCl)[C@@H]([C@]3(C)O[C@@H]3CC=C(C)C)[C@@H]2OC)cc(OC)c1OC. The lowest BCUT2D eigenvalue weighted by Crippen LogP contribution is -2.61. The number of carbonyl (C=O) groups is 1. The second-order valence-corrected chi connectivity index (χ2v) is 10.3. The van der Waals surface area contributed by atoms with E-state index >= 15 is 0 Å². The Morgan fingerprint density at radius 2 is 1.84 bits per heavy atom. The van der Waals surface area contributed by atoms with Crippen LogP contribution in [0.3, 0.4) is 0 Å². The van der Waals surface area contributed by atoms with Gasteiger partial charge in [0.05, 0.1) is 44.8 Å². The molecule has 0 unspecified atom stereocenters. The van der Waals surface area contributed by atoms with E-state index in [2.05, 4.69) is 11.4 Å². The average Bonchev–Trinajstić information content (AvgIpc) is 3.56. The number of esters is 1. The number of benzene rings is 1. The predicted octanol–water partition coefficient (Wildman–Crippen LogP) is 3.94. The molecular weight excluding hydrogens is 502 g/mol. The normalized spacial score (nSPS) is 30.7. The summed E-state index contributed by atoms with van der Waals surface area (Å²) in [4.78, 5) is 12.9. The van der Waals surface area contributed by atoms with Crippen molar-refractivity contribution in [3.05, 3.63) is 23.8 Å². The van der Waals surface area contributed by atoms with Crippen molar-refractivity contribution >= 4 is 23.3 Å². The van der Waals surface area contributed by atoms with Crippen LogP contribution in [0.2, 0.25) is 0 Å². The smallest absolute Gasteiger partial charge is 0.325 e. The van der Waals surface area contributed by atoms with Gasteiger partial charge < -0.3 is 38.8 Å². The maximum atomic E-state index is 12.9. The van der Waals surface area contributed by atoms with Crippen LogP contribution >= 0.6 is 11.6 Å². The topological polar surface area (TPSA) is 108 Å². The van der Waals surface area contributed by atoms with E-state index in [1.54, 1.807) is 19.2 Å². The lowest BCUT2D eigenvalue weighted by molar-refractivity contribution is -0.191. The number of hydrogen-bond donors (Lipinski definition) is 2. The third-order valence-electron chi connectivity index (χ3n) is 7.36. The van der Waals surface area contributed by atoms with Crippen LogP contribution in [0.4, 0.5) is 5.69 Å². The Labute approximate surface area is 224 Å². The minimum absolute atomic E-state index is 0.0369. The molecule has 0 amide bonds. The van der Waals surface area contributed by atoms with Crippen molar-refractivity contribution in [2.45, 2.75) is 69.5 Å². The van der Waals surface area contributed by atoms with Gasteiger partial charge in [0.1, 0.15) is 24.4 Å². The molecule has 1 aromatic rings. The van der Waals surface area contributed by atoms with Crippen molar-refractivity contribution in [2.24, 2.45) is 5.92 Å². The molecule has 37 heavy (non-hydrogen) atoms. The first kappa shape index (κ1) is 29.4. The summed E-state index contributed by atoms with van der Waals surface area (Å²) in [6, 6.07) is 3.42. The Kier molecular flexibility index (Phi) is 9.61. The Morgan fingerprint density at radius 1 is 1.19 bits per heavy atom. The number of epoxide rings is 1. The molecule has 2 aliphatic rings. The molecule has 1 aromatic carbocycles. The van der Waals surface area contributed by atoms with Gasteiger partial charge >= 0.3 is 5.97 Å². The number of carbonyl (C=O) groups excluding carboxylic acids is 1. The van der Waals surface area contributed by atoms with Gasteiger partial charge in [-0.25, -0.2) is 0 Å². The standard InChI is InChI=1S/C27H40ClNO8/c1-16(2)8-9-21-26(3,37-21)25-24(35-7)18(10-11-27(25,31)15-28)36-22(30)14-29-17-12-19(32-4)23(34-6)20(13-17)33-5/h8,12-13,18,21,24-25,29,31H,9-11,14-15H2,1-7H3/t18-,21-,24-,25-,26-,27+/m1/s1. The minimum atomic E-state index is -1.20. The first-order valence-corrected chi connectivity index (χ1v) is 13.0. The van der Waals surface area contributed by atoms with Crippen LogP contribution in [0, 0.1) is 5.92 Å². The predicted molar refractivity (Wildman–Crippen MR) is 141 cm³/mol. The Balaban J connectivity index is 1.71. The molecule has 0 aromatic heterocycles. The number of alkyl halides is 1. The average molecular weight is 542 g/mol. The Hall–Kier alpha value is -2.20. The van der Waals surface area contributed by atoms with Crippen molar-refractivity contribution in [3.63, 3.8) is 0 Å². The molecular formula is C27H40ClNO8. The zero-order valence-electron chi connectivity index (χ0n) is 22.8. The van der Waals surface area contributed by atoms with Crippen molar-refractivity contribution in [3.8, 4) is 17.2 Å². The monoisotopic (exact) mass is 541 g/mol. The van der Waals surface area contributed by atoms with Crippen LogP contribution in [-0.4, -0.2) is 81.5 Å². The second kappa shape index (κ2) is 12.1. The fourth-order valence-electron chi connectivity index (χ4n) is 5.39. The number of hydrogen-bond acceptors (Lipinski definition) is 9. The van der Waals surface area contributed by atoms with Gasteiger partial charge in [-0.15, -0.1) is 11.6 Å². The van der Waals surface area contributed by atoms with Crippen LogP contribution < -0.4 is 19.5 Å². The largest absolute Gasteiger partial charge is 0.493 e. The molecule has 208 valence electrons. The van der Waals surface area contributed by atoms with E-state index in [4.69, 9.17) is 40.0 Å². The second-order valence-electron chi connectivity index (χ2n) is 10.1. The summed E-state index contributed by atoms with van der Waals surface area (Å²) in [5.41, 5.74) is -0.0401. The fourth-order valence-corrected chi connectivity index (χ4v) is 5.69. The third kappa shape index (κ3) is 6.28. The van der Waals surface area contributed by atoms with Crippen LogP contribution in [0.25, 0.3) is 0 Å². The van der Waals surface area contributed by atoms with Gasteiger partial charge in [0.15, 0.2) is 11.5 Å². The van der Waals surface area contributed by atoms with Crippen LogP contribution in [0.1, 0.15) is 40.0 Å². The number of nitrogens with one attached hydrogen (secondary N) is 1. The van der Waals surface area contributed by atoms with Gasteiger partial charge in [-0.05, 0) is 40.0 Å². The first-order valence-electron chi connectivity index (χ1n) is 12.4. The van der Waals surface area contributed by atoms with Gasteiger partial charge in [0.25, 0.3) is 0 Å². The van der Waals surface area contributed by atoms with E-state index in [-0.39, 0.29) is 18.5 Å². The molecule has 0 spiro atoms. The van der Waals surface area contributed by atoms with Crippen molar-refractivity contribution in [1.29, 1.82) is 0 Å². The van der Waals surface area contributed by atoms with E-state index in [1.807, 2.05) is 20.8 Å². The molecule has 1 saturated carbocycles. The molecule has 1 saturated heterocycles. The summed E-state index contributed by atoms with van der Waals surface area (Å²) in [7, 11) is 6.13. The zero-order chi connectivity index (χ0) is 27.4. The van der Waals surface area contributed by atoms with Crippen LogP contribution in [0.15, 0.2) is 23.8 Å². The molecule has 0 radical (unpaired) electrons. The van der Waals surface area contributed by atoms with E-state index < -0.39 is 35.3 Å². The molecule has 6 atom stereocenters. The number of allylic oxidation sites excluding steroid dienone is 1. The summed E-state index contributed by atoms with van der Waals surface area (Å²) in [5, 5.41) is 14.5. The van der Waals surface area contributed by atoms with E-state index in [0.29, 0.717) is 35.8 Å². The molecule has 10 heteroatoms. The highest BCUT2D eigenvalue weighted by Gasteiger charge is 2.67. The van der Waals surface area contributed by atoms with Crippen LogP contribution in [0.5, 0.6) is 17.2 Å². The van der Waals surface area contributed by atoms with Gasteiger partial charge in [-0.1, -0.05) is 11.6 Å². The molecule has 3 rings (SSSR count). The lowest BCUT2D eigenvalue weighted by atomic mass is 9.66. The lowest BCUT2D eigenvalue weighted by Gasteiger charge is -2.48.